The lowest BCUT2D eigenvalue weighted by atomic mass is 10.1. The molecule has 0 amide bonds. The molecule has 0 aromatic carbocycles. The molecule has 0 aliphatic carbocycles. The highest BCUT2D eigenvalue weighted by Gasteiger charge is 2.15. The zero-order valence-electron chi connectivity index (χ0n) is 11.0. The van der Waals surface area contributed by atoms with E-state index >= 15 is 0 Å². The molecule has 0 aromatic heterocycles. The van der Waals surface area contributed by atoms with Gasteiger partial charge in [0.15, 0.2) is 0 Å². The Bertz CT molecular complexity index is 149. The van der Waals surface area contributed by atoms with E-state index in [0.717, 1.165) is 26.1 Å². The Morgan fingerprint density at radius 1 is 1.27 bits per heavy atom. The molecule has 3 heteroatoms. The Balaban J connectivity index is 3.42. The van der Waals surface area contributed by atoms with Gasteiger partial charge in [-0.05, 0) is 46.7 Å². The van der Waals surface area contributed by atoms with Gasteiger partial charge >= 0.3 is 0 Å². The van der Waals surface area contributed by atoms with Crippen molar-refractivity contribution in [3.8, 4) is 0 Å². The van der Waals surface area contributed by atoms with E-state index in [0.29, 0.717) is 6.04 Å². The second-order valence-corrected chi connectivity index (χ2v) is 4.77. The van der Waals surface area contributed by atoms with Gasteiger partial charge in [0.25, 0.3) is 0 Å². The van der Waals surface area contributed by atoms with Gasteiger partial charge in [-0.25, -0.2) is 0 Å². The fourth-order valence-corrected chi connectivity index (χ4v) is 1.29. The van der Waals surface area contributed by atoms with Crippen LogP contribution in [0.2, 0.25) is 0 Å². The topological polar surface area (TPSA) is 33.3 Å². The number of hydrogen-bond acceptors (Lipinski definition) is 3. The van der Waals surface area contributed by atoms with E-state index in [1.807, 2.05) is 0 Å². The molecule has 0 heterocycles. The van der Waals surface area contributed by atoms with Gasteiger partial charge in [-0.15, -0.1) is 0 Å². The molecule has 92 valence electrons. The normalized spacial score (nSPS) is 14.2. The number of rotatable bonds is 9. The monoisotopic (exact) mass is 216 g/mol. The molecule has 0 aliphatic heterocycles. The fourth-order valence-electron chi connectivity index (χ4n) is 1.29. The minimum absolute atomic E-state index is 0.0104. The second-order valence-electron chi connectivity index (χ2n) is 4.77. The predicted molar refractivity (Wildman–Crippen MR) is 66.3 cm³/mol. The Morgan fingerprint density at radius 3 is 2.47 bits per heavy atom. The van der Waals surface area contributed by atoms with Gasteiger partial charge in [0.05, 0.1) is 5.60 Å². The van der Waals surface area contributed by atoms with E-state index in [1.54, 1.807) is 7.11 Å². The molecule has 0 saturated carbocycles. The minimum atomic E-state index is -0.0104. The van der Waals surface area contributed by atoms with E-state index < -0.39 is 0 Å². The van der Waals surface area contributed by atoms with Crippen molar-refractivity contribution in [1.29, 1.82) is 0 Å². The zero-order valence-corrected chi connectivity index (χ0v) is 11.0. The molecule has 0 rings (SSSR count). The molecular weight excluding hydrogens is 188 g/mol. The summed E-state index contributed by atoms with van der Waals surface area (Å²) in [6, 6.07) is 0.532. The highest BCUT2D eigenvalue weighted by Crippen LogP contribution is 2.11. The lowest BCUT2D eigenvalue weighted by Gasteiger charge is -2.24. The van der Waals surface area contributed by atoms with Crippen LogP contribution in [0.15, 0.2) is 0 Å². The molecule has 0 bridgehead atoms. The van der Waals surface area contributed by atoms with E-state index in [2.05, 4.69) is 38.3 Å². The maximum atomic E-state index is 5.36. The third-order valence-electron chi connectivity index (χ3n) is 2.65. The molecule has 1 unspecified atom stereocenters. The first-order valence-electron chi connectivity index (χ1n) is 6.01. The summed E-state index contributed by atoms with van der Waals surface area (Å²) in [5.41, 5.74) is -0.0104. The van der Waals surface area contributed by atoms with Gasteiger partial charge < -0.3 is 15.4 Å². The summed E-state index contributed by atoms with van der Waals surface area (Å²) in [7, 11) is 1.77. The molecule has 0 aromatic rings. The van der Waals surface area contributed by atoms with Crippen LogP contribution in [0.4, 0.5) is 0 Å². The summed E-state index contributed by atoms with van der Waals surface area (Å²) in [6.45, 7) is 11.8. The van der Waals surface area contributed by atoms with Crippen molar-refractivity contribution in [2.45, 2.75) is 52.2 Å². The maximum absolute atomic E-state index is 5.36. The summed E-state index contributed by atoms with van der Waals surface area (Å²) in [4.78, 5) is 0. The van der Waals surface area contributed by atoms with Crippen molar-refractivity contribution >= 4 is 0 Å². The highest BCUT2D eigenvalue weighted by molar-refractivity contribution is 4.71. The van der Waals surface area contributed by atoms with Gasteiger partial charge in [0.2, 0.25) is 0 Å². The van der Waals surface area contributed by atoms with Crippen LogP contribution in [-0.2, 0) is 4.74 Å². The molecule has 0 radical (unpaired) electrons. The van der Waals surface area contributed by atoms with Crippen molar-refractivity contribution in [1.82, 2.24) is 10.6 Å². The zero-order chi connectivity index (χ0) is 11.7. The first-order valence-corrected chi connectivity index (χ1v) is 6.01. The van der Waals surface area contributed by atoms with Crippen molar-refractivity contribution < 1.29 is 4.74 Å². The van der Waals surface area contributed by atoms with Crippen LogP contribution in [0, 0.1) is 0 Å². The van der Waals surface area contributed by atoms with Gasteiger partial charge in [-0.3, -0.25) is 0 Å². The Kier molecular flexibility index (Phi) is 8.02. The molecule has 0 saturated heterocycles. The SMILES string of the molecule is CCCNCC(C)NCCC(C)(C)OC. The van der Waals surface area contributed by atoms with Crippen LogP contribution in [0.25, 0.3) is 0 Å². The minimum Gasteiger partial charge on any atom is -0.379 e. The molecule has 2 N–H and O–H groups in total. The lowest BCUT2D eigenvalue weighted by Crippen LogP contribution is -2.39. The highest BCUT2D eigenvalue weighted by atomic mass is 16.5. The third kappa shape index (κ3) is 8.85. The van der Waals surface area contributed by atoms with Gasteiger partial charge in [-0.2, -0.15) is 0 Å². The van der Waals surface area contributed by atoms with Crippen molar-refractivity contribution in [2.75, 3.05) is 26.7 Å². The number of hydrogen-bond donors (Lipinski definition) is 2. The number of methoxy groups -OCH3 is 1. The number of nitrogens with one attached hydrogen (secondary N) is 2. The van der Waals surface area contributed by atoms with Crippen molar-refractivity contribution in [3.63, 3.8) is 0 Å². The molecule has 0 fully saturated rings. The molecule has 0 aliphatic rings. The average Bonchev–Trinajstić information content (AvgIpc) is 2.18. The summed E-state index contributed by atoms with van der Waals surface area (Å²) < 4.78 is 5.36. The standard InChI is InChI=1S/C12H28N2O/c1-6-8-13-10-11(2)14-9-7-12(3,4)15-5/h11,13-14H,6-10H2,1-5H3. The van der Waals surface area contributed by atoms with Crippen LogP contribution in [0.1, 0.15) is 40.5 Å². The van der Waals surface area contributed by atoms with Crippen LogP contribution >= 0.6 is 0 Å². The van der Waals surface area contributed by atoms with Gasteiger partial charge in [0.1, 0.15) is 0 Å². The summed E-state index contributed by atoms with van der Waals surface area (Å²) in [5.74, 6) is 0. The quantitative estimate of drug-likeness (QED) is 0.576. The first kappa shape index (κ1) is 14.9. The molecule has 15 heavy (non-hydrogen) atoms. The third-order valence-corrected chi connectivity index (χ3v) is 2.65. The van der Waals surface area contributed by atoms with Crippen LogP contribution < -0.4 is 10.6 Å². The fraction of sp³-hybridized carbons (Fsp3) is 1.00. The van der Waals surface area contributed by atoms with Crippen LogP contribution in [-0.4, -0.2) is 38.4 Å². The van der Waals surface area contributed by atoms with E-state index in [9.17, 15) is 0 Å². The summed E-state index contributed by atoms with van der Waals surface area (Å²) in [6.07, 6.45) is 2.24. The Labute approximate surface area is 95.0 Å². The van der Waals surface area contributed by atoms with E-state index in [-0.39, 0.29) is 5.60 Å². The lowest BCUT2D eigenvalue weighted by molar-refractivity contribution is 0.0154. The number of ether oxygens (including phenoxy) is 1. The van der Waals surface area contributed by atoms with Gasteiger partial charge in [0, 0.05) is 19.7 Å². The van der Waals surface area contributed by atoms with E-state index in [1.165, 1.54) is 6.42 Å². The first-order chi connectivity index (χ1) is 7.02. The molecule has 0 spiro atoms. The van der Waals surface area contributed by atoms with Crippen LogP contribution in [0.5, 0.6) is 0 Å². The Hall–Kier alpha value is -0.120. The van der Waals surface area contributed by atoms with Gasteiger partial charge in [-0.1, -0.05) is 6.92 Å². The van der Waals surface area contributed by atoms with Crippen molar-refractivity contribution in [2.24, 2.45) is 0 Å². The van der Waals surface area contributed by atoms with E-state index in [4.69, 9.17) is 4.74 Å². The molecular formula is C12H28N2O. The predicted octanol–water partition coefficient (Wildman–Crippen LogP) is 1.78. The molecule has 3 nitrogen and oxygen atoms in total. The average molecular weight is 216 g/mol. The van der Waals surface area contributed by atoms with Crippen molar-refractivity contribution in [3.05, 3.63) is 0 Å². The smallest absolute Gasteiger partial charge is 0.0634 e. The summed E-state index contributed by atoms with van der Waals surface area (Å²) >= 11 is 0. The second kappa shape index (κ2) is 8.08. The largest absolute Gasteiger partial charge is 0.379 e. The summed E-state index contributed by atoms with van der Waals surface area (Å²) in [5, 5.41) is 6.89. The maximum Gasteiger partial charge on any atom is 0.0634 e. The van der Waals surface area contributed by atoms with Crippen LogP contribution in [0.3, 0.4) is 0 Å². The Morgan fingerprint density at radius 2 is 1.93 bits per heavy atom. The molecule has 1 atom stereocenters.